The van der Waals surface area contributed by atoms with Gasteiger partial charge in [-0.15, -0.1) is 0 Å². The van der Waals surface area contributed by atoms with Crippen LogP contribution in [-0.2, 0) is 16.0 Å². The second-order valence-corrected chi connectivity index (χ2v) is 5.35. The van der Waals surface area contributed by atoms with Crippen LogP contribution in [0.2, 0.25) is 0 Å². The second kappa shape index (κ2) is 6.70. The van der Waals surface area contributed by atoms with Gasteiger partial charge >= 0.3 is 5.97 Å². The Morgan fingerprint density at radius 2 is 2.25 bits per heavy atom. The maximum Gasteiger partial charge on any atom is 0.305 e. The fourth-order valence-electron chi connectivity index (χ4n) is 2.49. The number of nitrogens with zero attached hydrogens (tertiary/aromatic N) is 1. The molecule has 0 spiro atoms. The van der Waals surface area contributed by atoms with E-state index in [4.69, 9.17) is 12.2 Å². The van der Waals surface area contributed by atoms with E-state index in [1.807, 2.05) is 6.07 Å². The Morgan fingerprint density at radius 1 is 1.50 bits per heavy atom. The van der Waals surface area contributed by atoms with Crippen molar-refractivity contribution in [3.05, 3.63) is 29.8 Å². The topological polar surface area (TPSA) is 41.6 Å². The van der Waals surface area contributed by atoms with Gasteiger partial charge in [0.25, 0.3) is 0 Å². The SMILES string of the molecule is COC(=O)CCCNC(=S)N1c2ccccc2C[C@@H]1C. The standard InChI is InChI=1S/C15H20N2O2S/c1-11-10-12-6-3-4-7-13(12)17(11)15(20)16-9-5-8-14(18)19-2/h3-4,6-7,11H,5,8-10H2,1-2H3,(H,16,20)/t11-/m0/s1. The van der Waals surface area contributed by atoms with Crippen molar-refractivity contribution in [1.82, 2.24) is 5.32 Å². The zero-order valence-electron chi connectivity index (χ0n) is 11.9. The smallest absolute Gasteiger partial charge is 0.305 e. The number of hydrogen-bond donors (Lipinski definition) is 1. The highest BCUT2D eigenvalue weighted by atomic mass is 32.1. The van der Waals surface area contributed by atoms with Gasteiger partial charge in [-0.3, -0.25) is 4.79 Å². The van der Waals surface area contributed by atoms with Crippen LogP contribution in [0.5, 0.6) is 0 Å². The molecule has 0 aromatic heterocycles. The lowest BCUT2D eigenvalue weighted by Crippen LogP contribution is -2.43. The van der Waals surface area contributed by atoms with Gasteiger partial charge in [0.1, 0.15) is 0 Å². The van der Waals surface area contributed by atoms with E-state index in [1.54, 1.807) is 0 Å². The van der Waals surface area contributed by atoms with E-state index < -0.39 is 0 Å². The van der Waals surface area contributed by atoms with Crippen molar-refractivity contribution < 1.29 is 9.53 Å². The molecule has 1 aliphatic rings. The number of carbonyl (C=O) groups excluding carboxylic acids is 1. The van der Waals surface area contributed by atoms with Gasteiger partial charge in [0.2, 0.25) is 0 Å². The van der Waals surface area contributed by atoms with Gasteiger partial charge in [0.15, 0.2) is 5.11 Å². The van der Waals surface area contributed by atoms with Crippen molar-refractivity contribution in [2.75, 3.05) is 18.6 Å². The lowest BCUT2D eigenvalue weighted by molar-refractivity contribution is -0.140. The van der Waals surface area contributed by atoms with Crippen LogP contribution in [0.3, 0.4) is 0 Å². The minimum Gasteiger partial charge on any atom is -0.469 e. The summed E-state index contributed by atoms with van der Waals surface area (Å²) < 4.78 is 4.61. The number of methoxy groups -OCH3 is 1. The minimum atomic E-state index is -0.183. The summed E-state index contributed by atoms with van der Waals surface area (Å²) in [6.07, 6.45) is 2.15. The highest BCUT2D eigenvalue weighted by Gasteiger charge is 2.28. The minimum absolute atomic E-state index is 0.183. The number of para-hydroxylation sites is 1. The van der Waals surface area contributed by atoms with Crippen LogP contribution < -0.4 is 10.2 Å². The van der Waals surface area contributed by atoms with Crippen LogP contribution >= 0.6 is 12.2 Å². The van der Waals surface area contributed by atoms with Crippen LogP contribution in [0, 0.1) is 0 Å². The first kappa shape index (κ1) is 14.8. The third kappa shape index (κ3) is 3.28. The molecule has 2 rings (SSSR count). The first-order valence-corrected chi connectivity index (χ1v) is 7.26. The summed E-state index contributed by atoms with van der Waals surface area (Å²) in [6, 6.07) is 8.70. The summed E-state index contributed by atoms with van der Waals surface area (Å²) in [5.41, 5.74) is 2.52. The first-order valence-electron chi connectivity index (χ1n) is 6.85. The van der Waals surface area contributed by atoms with Crippen molar-refractivity contribution in [3.8, 4) is 0 Å². The van der Waals surface area contributed by atoms with Crippen molar-refractivity contribution in [2.45, 2.75) is 32.2 Å². The van der Waals surface area contributed by atoms with Crippen molar-refractivity contribution in [2.24, 2.45) is 0 Å². The predicted octanol–water partition coefficient (Wildman–Crippen LogP) is 2.27. The number of nitrogens with one attached hydrogen (secondary N) is 1. The Labute approximate surface area is 125 Å². The molecular weight excluding hydrogens is 272 g/mol. The van der Waals surface area contributed by atoms with E-state index in [-0.39, 0.29) is 5.97 Å². The normalized spacial score (nSPS) is 16.7. The van der Waals surface area contributed by atoms with Crippen molar-refractivity contribution in [1.29, 1.82) is 0 Å². The van der Waals surface area contributed by atoms with E-state index in [0.717, 1.165) is 18.0 Å². The molecule has 1 heterocycles. The second-order valence-electron chi connectivity index (χ2n) is 4.96. The van der Waals surface area contributed by atoms with Crippen LogP contribution in [0.15, 0.2) is 24.3 Å². The van der Waals surface area contributed by atoms with E-state index in [9.17, 15) is 4.79 Å². The molecular formula is C15H20N2O2S. The van der Waals surface area contributed by atoms with Crippen LogP contribution in [0.25, 0.3) is 0 Å². The Morgan fingerprint density at radius 3 is 3.00 bits per heavy atom. The molecule has 1 aliphatic heterocycles. The van der Waals surface area contributed by atoms with Crippen LogP contribution in [-0.4, -0.2) is 30.8 Å². The Balaban J connectivity index is 1.88. The molecule has 108 valence electrons. The number of fused-ring (bicyclic) bond motifs is 1. The fourth-order valence-corrected chi connectivity index (χ4v) is 2.87. The molecule has 0 amide bonds. The maximum absolute atomic E-state index is 11.0. The largest absolute Gasteiger partial charge is 0.469 e. The van der Waals surface area contributed by atoms with Gasteiger partial charge in [-0.25, -0.2) is 0 Å². The van der Waals surface area contributed by atoms with Gasteiger partial charge < -0.3 is 15.0 Å². The molecule has 1 aromatic rings. The summed E-state index contributed by atoms with van der Waals surface area (Å²) in [5, 5.41) is 3.95. The summed E-state index contributed by atoms with van der Waals surface area (Å²) in [5.74, 6) is -0.183. The van der Waals surface area contributed by atoms with Gasteiger partial charge in [0.05, 0.1) is 7.11 Å². The van der Waals surface area contributed by atoms with Crippen LogP contribution in [0.4, 0.5) is 5.69 Å². The average Bonchev–Trinajstić information content (AvgIpc) is 2.78. The number of ether oxygens (including phenoxy) is 1. The zero-order chi connectivity index (χ0) is 14.5. The average molecular weight is 292 g/mol. The summed E-state index contributed by atoms with van der Waals surface area (Å²) >= 11 is 5.47. The van der Waals surface area contributed by atoms with Crippen molar-refractivity contribution >= 4 is 29.0 Å². The number of anilines is 1. The molecule has 0 fully saturated rings. The van der Waals surface area contributed by atoms with E-state index in [1.165, 1.54) is 18.4 Å². The molecule has 0 radical (unpaired) electrons. The molecule has 1 N–H and O–H groups in total. The van der Waals surface area contributed by atoms with Gasteiger partial charge in [-0.1, -0.05) is 18.2 Å². The highest BCUT2D eigenvalue weighted by Crippen LogP contribution is 2.31. The van der Waals surface area contributed by atoms with Gasteiger partial charge in [0, 0.05) is 24.7 Å². The third-order valence-electron chi connectivity index (χ3n) is 3.49. The van der Waals surface area contributed by atoms with Crippen LogP contribution in [0.1, 0.15) is 25.3 Å². The predicted molar refractivity (Wildman–Crippen MR) is 83.9 cm³/mol. The number of hydrogen-bond acceptors (Lipinski definition) is 3. The molecule has 4 nitrogen and oxygen atoms in total. The fraction of sp³-hybridized carbons (Fsp3) is 0.467. The number of benzene rings is 1. The number of carbonyl (C=O) groups is 1. The number of rotatable bonds is 4. The monoisotopic (exact) mass is 292 g/mol. The maximum atomic E-state index is 11.0. The Hall–Kier alpha value is -1.62. The van der Waals surface area contributed by atoms with Crippen molar-refractivity contribution in [3.63, 3.8) is 0 Å². The van der Waals surface area contributed by atoms with Gasteiger partial charge in [-0.05, 0) is 43.6 Å². The quantitative estimate of drug-likeness (QED) is 0.524. The summed E-state index contributed by atoms with van der Waals surface area (Å²) in [7, 11) is 1.41. The molecule has 1 aromatic carbocycles. The van der Waals surface area contributed by atoms with E-state index >= 15 is 0 Å². The lowest BCUT2D eigenvalue weighted by atomic mass is 10.1. The van der Waals surface area contributed by atoms with E-state index in [2.05, 4.69) is 40.1 Å². The molecule has 5 heteroatoms. The molecule has 20 heavy (non-hydrogen) atoms. The highest BCUT2D eigenvalue weighted by molar-refractivity contribution is 7.80. The summed E-state index contributed by atoms with van der Waals surface area (Å²) in [6.45, 7) is 2.85. The number of esters is 1. The Kier molecular flexibility index (Phi) is 4.95. The molecule has 0 saturated carbocycles. The lowest BCUT2D eigenvalue weighted by Gasteiger charge is -2.26. The Bertz CT molecular complexity index is 504. The zero-order valence-corrected chi connectivity index (χ0v) is 12.7. The molecule has 1 atom stereocenters. The molecule has 0 unspecified atom stereocenters. The number of thiocarbonyl (C=S) groups is 1. The molecule has 0 aliphatic carbocycles. The van der Waals surface area contributed by atoms with Gasteiger partial charge in [-0.2, -0.15) is 0 Å². The van der Waals surface area contributed by atoms with E-state index in [0.29, 0.717) is 19.0 Å². The molecule has 0 bridgehead atoms. The third-order valence-corrected chi connectivity index (χ3v) is 3.83. The summed E-state index contributed by atoms with van der Waals surface area (Å²) in [4.78, 5) is 13.2. The first-order chi connectivity index (χ1) is 9.63. The molecule has 0 saturated heterocycles.